The van der Waals surface area contributed by atoms with Gasteiger partial charge in [-0.15, -0.1) is 0 Å². The van der Waals surface area contributed by atoms with Crippen molar-refractivity contribution in [2.45, 2.75) is 45.0 Å². The van der Waals surface area contributed by atoms with E-state index in [2.05, 4.69) is 5.32 Å². The minimum absolute atomic E-state index is 0.403. The third kappa shape index (κ3) is 4.41. The van der Waals surface area contributed by atoms with Crippen LogP contribution in [0, 0.1) is 5.82 Å². The van der Waals surface area contributed by atoms with Crippen molar-refractivity contribution in [1.29, 1.82) is 0 Å². The third-order valence-corrected chi connectivity index (χ3v) is 3.45. The number of hydrogen-bond donors (Lipinski definition) is 1. The maximum absolute atomic E-state index is 13.7. The lowest BCUT2D eigenvalue weighted by Crippen LogP contribution is -2.41. The van der Waals surface area contributed by atoms with Gasteiger partial charge in [-0.2, -0.15) is 13.2 Å². The summed E-state index contributed by atoms with van der Waals surface area (Å²) >= 11 is 0. The first-order chi connectivity index (χ1) is 9.63. The normalized spacial score (nSPS) is 14.3. The van der Waals surface area contributed by atoms with Gasteiger partial charge in [-0.05, 0) is 44.5 Å². The maximum atomic E-state index is 13.7. The standard InChI is InChI=1S/C15H21F4NO/c1-5-8-20-13(14(2,3)21-4)10-6-7-11(12(16)9-10)15(17,18)19/h6-7,9,13,20H,5,8H2,1-4H3. The summed E-state index contributed by atoms with van der Waals surface area (Å²) in [6.07, 6.45) is -3.84. The minimum Gasteiger partial charge on any atom is -0.377 e. The Balaban J connectivity index is 3.18. The van der Waals surface area contributed by atoms with E-state index in [-0.39, 0.29) is 0 Å². The van der Waals surface area contributed by atoms with Crippen LogP contribution in [-0.2, 0) is 10.9 Å². The van der Waals surface area contributed by atoms with Crippen LogP contribution in [0.4, 0.5) is 17.6 Å². The molecule has 1 atom stereocenters. The average molecular weight is 307 g/mol. The summed E-state index contributed by atoms with van der Waals surface area (Å²) in [5.41, 5.74) is -1.50. The summed E-state index contributed by atoms with van der Waals surface area (Å²) < 4.78 is 56.9. The number of halogens is 4. The highest BCUT2D eigenvalue weighted by Gasteiger charge is 2.36. The van der Waals surface area contributed by atoms with Crippen molar-refractivity contribution in [3.63, 3.8) is 0 Å². The van der Waals surface area contributed by atoms with Gasteiger partial charge in [0.1, 0.15) is 5.82 Å². The van der Waals surface area contributed by atoms with Crippen LogP contribution < -0.4 is 5.32 Å². The van der Waals surface area contributed by atoms with Crippen LogP contribution in [-0.4, -0.2) is 19.3 Å². The lowest BCUT2D eigenvalue weighted by molar-refractivity contribution is -0.140. The van der Waals surface area contributed by atoms with Crippen molar-refractivity contribution in [3.05, 3.63) is 35.1 Å². The van der Waals surface area contributed by atoms with Gasteiger partial charge in [-0.1, -0.05) is 13.0 Å². The molecule has 0 aromatic heterocycles. The molecule has 0 amide bonds. The highest BCUT2D eigenvalue weighted by Crippen LogP contribution is 2.34. The molecule has 0 heterocycles. The van der Waals surface area contributed by atoms with Gasteiger partial charge in [-0.25, -0.2) is 4.39 Å². The summed E-state index contributed by atoms with van der Waals surface area (Å²) in [6, 6.07) is 2.59. The summed E-state index contributed by atoms with van der Waals surface area (Å²) in [7, 11) is 1.51. The molecule has 0 aliphatic rings. The Morgan fingerprint density at radius 1 is 1.24 bits per heavy atom. The first-order valence-electron chi connectivity index (χ1n) is 6.78. The lowest BCUT2D eigenvalue weighted by atomic mass is 9.90. The van der Waals surface area contributed by atoms with E-state index in [0.29, 0.717) is 12.1 Å². The summed E-state index contributed by atoms with van der Waals surface area (Å²) in [4.78, 5) is 0. The fraction of sp³-hybridized carbons (Fsp3) is 0.600. The van der Waals surface area contributed by atoms with E-state index in [1.54, 1.807) is 13.8 Å². The molecular formula is C15H21F4NO. The van der Waals surface area contributed by atoms with Gasteiger partial charge in [0.15, 0.2) is 0 Å². The predicted molar refractivity (Wildman–Crippen MR) is 73.5 cm³/mol. The molecule has 0 bridgehead atoms. The van der Waals surface area contributed by atoms with E-state index >= 15 is 0 Å². The van der Waals surface area contributed by atoms with Crippen LogP contribution in [0.5, 0.6) is 0 Å². The molecule has 2 nitrogen and oxygen atoms in total. The summed E-state index contributed by atoms with van der Waals surface area (Å²) in [5, 5.41) is 3.19. The van der Waals surface area contributed by atoms with E-state index in [4.69, 9.17) is 4.74 Å². The lowest BCUT2D eigenvalue weighted by Gasteiger charge is -2.34. The second kappa shape index (κ2) is 6.75. The van der Waals surface area contributed by atoms with Crippen LogP contribution in [0.15, 0.2) is 18.2 Å². The van der Waals surface area contributed by atoms with E-state index in [1.165, 1.54) is 13.2 Å². The van der Waals surface area contributed by atoms with Crippen LogP contribution in [0.1, 0.15) is 44.4 Å². The minimum atomic E-state index is -4.69. The molecule has 1 N–H and O–H groups in total. The molecule has 1 aromatic rings. The Bertz CT molecular complexity index is 471. The molecule has 0 fully saturated rings. The summed E-state index contributed by atoms with van der Waals surface area (Å²) in [6.45, 7) is 6.23. The molecule has 0 saturated carbocycles. The Morgan fingerprint density at radius 2 is 1.86 bits per heavy atom. The van der Waals surface area contributed by atoms with E-state index in [0.717, 1.165) is 18.6 Å². The Morgan fingerprint density at radius 3 is 2.29 bits per heavy atom. The SMILES string of the molecule is CCCNC(c1ccc(C(F)(F)F)c(F)c1)C(C)(C)OC. The monoisotopic (exact) mass is 307 g/mol. The van der Waals surface area contributed by atoms with Crippen molar-refractivity contribution in [2.75, 3.05) is 13.7 Å². The molecule has 1 unspecified atom stereocenters. The second-order valence-corrected chi connectivity index (χ2v) is 5.43. The topological polar surface area (TPSA) is 21.3 Å². The van der Waals surface area contributed by atoms with Gasteiger partial charge in [0.25, 0.3) is 0 Å². The fourth-order valence-corrected chi connectivity index (χ4v) is 2.11. The first-order valence-corrected chi connectivity index (χ1v) is 6.78. The predicted octanol–water partition coefficient (Wildman–Crippen LogP) is 4.31. The van der Waals surface area contributed by atoms with E-state index in [9.17, 15) is 17.6 Å². The number of nitrogens with one attached hydrogen (secondary N) is 1. The molecule has 1 aromatic carbocycles. The molecular weight excluding hydrogens is 286 g/mol. The van der Waals surface area contributed by atoms with Gasteiger partial charge in [0, 0.05) is 7.11 Å². The third-order valence-electron chi connectivity index (χ3n) is 3.45. The first kappa shape index (κ1) is 17.9. The van der Waals surface area contributed by atoms with Crippen LogP contribution >= 0.6 is 0 Å². The zero-order chi connectivity index (χ0) is 16.3. The molecule has 21 heavy (non-hydrogen) atoms. The van der Waals surface area contributed by atoms with Crippen LogP contribution in [0.2, 0.25) is 0 Å². The Labute approximate surface area is 122 Å². The quantitative estimate of drug-likeness (QED) is 0.791. The van der Waals surface area contributed by atoms with Crippen molar-refractivity contribution in [2.24, 2.45) is 0 Å². The molecule has 0 aliphatic heterocycles. The second-order valence-electron chi connectivity index (χ2n) is 5.43. The number of rotatable bonds is 6. The highest BCUT2D eigenvalue weighted by atomic mass is 19.4. The Hall–Kier alpha value is -1.14. The number of methoxy groups -OCH3 is 1. The molecule has 120 valence electrons. The van der Waals surface area contributed by atoms with Crippen molar-refractivity contribution >= 4 is 0 Å². The fourth-order valence-electron chi connectivity index (χ4n) is 2.11. The highest BCUT2D eigenvalue weighted by molar-refractivity contribution is 5.30. The average Bonchev–Trinajstić information content (AvgIpc) is 2.37. The van der Waals surface area contributed by atoms with E-state index < -0.39 is 29.2 Å². The Kier molecular flexibility index (Phi) is 5.75. The van der Waals surface area contributed by atoms with Crippen LogP contribution in [0.25, 0.3) is 0 Å². The largest absolute Gasteiger partial charge is 0.419 e. The number of ether oxygens (including phenoxy) is 1. The molecule has 1 rings (SSSR count). The zero-order valence-electron chi connectivity index (χ0n) is 12.6. The molecule has 0 saturated heterocycles. The van der Waals surface area contributed by atoms with Crippen molar-refractivity contribution < 1.29 is 22.3 Å². The molecule has 6 heteroatoms. The van der Waals surface area contributed by atoms with Gasteiger partial charge in [0.2, 0.25) is 0 Å². The van der Waals surface area contributed by atoms with Crippen molar-refractivity contribution in [3.8, 4) is 0 Å². The molecule has 0 aliphatic carbocycles. The van der Waals surface area contributed by atoms with Crippen molar-refractivity contribution in [1.82, 2.24) is 5.32 Å². The van der Waals surface area contributed by atoms with Gasteiger partial charge >= 0.3 is 6.18 Å². The van der Waals surface area contributed by atoms with Gasteiger partial charge < -0.3 is 10.1 Å². The van der Waals surface area contributed by atoms with E-state index in [1.807, 2.05) is 6.92 Å². The van der Waals surface area contributed by atoms with Gasteiger partial charge in [0.05, 0.1) is 17.2 Å². The zero-order valence-corrected chi connectivity index (χ0v) is 12.6. The summed E-state index contributed by atoms with van der Waals surface area (Å²) in [5.74, 6) is -1.27. The number of benzene rings is 1. The number of alkyl halides is 3. The van der Waals surface area contributed by atoms with Crippen LogP contribution in [0.3, 0.4) is 0 Å². The van der Waals surface area contributed by atoms with Gasteiger partial charge in [-0.3, -0.25) is 0 Å². The molecule has 0 spiro atoms. The maximum Gasteiger partial charge on any atom is 0.419 e. The smallest absolute Gasteiger partial charge is 0.377 e. The number of hydrogen-bond acceptors (Lipinski definition) is 2. The molecule has 0 radical (unpaired) electrons.